The highest BCUT2D eigenvalue weighted by Crippen LogP contribution is 2.38. The first-order valence-electron chi connectivity index (χ1n) is 8.45. The van der Waals surface area contributed by atoms with Crippen LogP contribution in [0, 0.1) is 0 Å². The van der Waals surface area contributed by atoms with E-state index in [1.54, 1.807) is 0 Å². The molecule has 1 aliphatic carbocycles. The molecule has 0 saturated carbocycles. The number of aryl methyl sites for hydroxylation is 2. The fourth-order valence-electron chi connectivity index (χ4n) is 3.62. The number of carbonyl (C=O) groups excluding carboxylic acids is 1. The predicted octanol–water partition coefficient (Wildman–Crippen LogP) is 3.40. The Balaban J connectivity index is 1.92. The highest BCUT2D eigenvalue weighted by atomic mass is 16.7. The normalized spacial score (nSPS) is 18.9. The van der Waals surface area contributed by atoms with Crippen molar-refractivity contribution in [2.24, 2.45) is 5.16 Å². The number of nitrogens with zero attached hydrogens (tertiary/aromatic N) is 1. The van der Waals surface area contributed by atoms with Gasteiger partial charge >= 0.3 is 5.97 Å². The molecule has 0 spiro atoms. The number of carbonyl (C=O) groups is 1. The molecule has 0 bridgehead atoms. The number of rotatable bonds is 1. The fraction of sp³-hybridized carbons (Fsp3) is 0.474. The van der Waals surface area contributed by atoms with Crippen LogP contribution in [0.1, 0.15) is 50.3 Å². The maximum atomic E-state index is 11.1. The van der Waals surface area contributed by atoms with Gasteiger partial charge in [-0.05, 0) is 68.3 Å². The number of fused-ring (bicyclic) bond motifs is 4. The van der Waals surface area contributed by atoms with Crippen LogP contribution in [0.3, 0.4) is 0 Å². The second-order valence-electron chi connectivity index (χ2n) is 7.21. The van der Waals surface area contributed by atoms with E-state index in [4.69, 9.17) is 14.0 Å². The van der Waals surface area contributed by atoms with Crippen molar-refractivity contribution in [3.63, 3.8) is 0 Å². The molecule has 4 rings (SSSR count). The summed E-state index contributed by atoms with van der Waals surface area (Å²) in [6, 6.07) is 4.15. The van der Waals surface area contributed by atoms with Crippen molar-refractivity contribution in [3.05, 3.63) is 34.4 Å². The first-order valence-corrected chi connectivity index (χ1v) is 8.45. The van der Waals surface area contributed by atoms with E-state index < -0.39 is 5.97 Å². The van der Waals surface area contributed by atoms with Gasteiger partial charge in [0.25, 0.3) is 5.55 Å². The van der Waals surface area contributed by atoms with Gasteiger partial charge in [-0.25, -0.2) is 4.79 Å². The summed E-state index contributed by atoms with van der Waals surface area (Å²) >= 11 is 0. The van der Waals surface area contributed by atoms with Gasteiger partial charge in [0.05, 0.1) is 0 Å². The number of hydrogen-bond donors (Lipinski definition) is 0. The number of benzene rings is 1. The second-order valence-corrected chi connectivity index (χ2v) is 7.21. The summed E-state index contributed by atoms with van der Waals surface area (Å²) in [5.74, 6) is 0.423. The Bertz CT molecular complexity index is 908. The molecule has 2 aliphatic rings. The van der Waals surface area contributed by atoms with Gasteiger partial charge in [-0.1, -0.05) is 0 Å². The van der Waals surface area contributed by atoms with Crippen LogP contribution in [0.2, 0.25) is 0 Å². The standard InChI is InChI=1S/C19H21NO4/c1-11(21)24-20-18-14-6-4-5-13(14)15-9-12-7-8-19(2,3)23-16(12)10-17(15)22-18/h9-10H,4-8H2,1-3H3/b20-18-. The first-order chi connectivity index (χ1) is 11.4. The first kappa shape index (κ1) is 15.2. The van der Waals surface area contributed by atoms with Gasteiger partial charge in [-0.3, -0.25) is 0 Å². The van der Waals surface area contributed by atoms with E-state index in [-0.39, 0.29) is 5.60 Å². The van der Waals surface area contributed by atoms with Crippen LogP contribution in [0.4, 0.5) is 0 Å². The van der Waals surface area contributed by atoms with E-state index in [1.807, 2.05) is 6.07 Å². The Kier molecular flexibility index (Phi) is 3.41. The van der Waals surface area contributed by atoms with Crippen LogP contribution >= 0.6 is 0 Å². The Hall–Kier alpha value is -2.30. The van der Waals surface area contributed by atoms with E-state index in [0.29, 0.717) is 5.55 Å². The molecule has 0 radical (unpaired) electrons. The van der Waals surface area contributed by atoms with E-state index >= 15 is 0 Å². The van der Waals surface area contributed by atoms with Gasteiger partial charge in [0.15, 0.2) is 0 Å². The molecular weight excluding hydrogens is 306 g/mol. The minimum absolute atomic E-state index is 0.164. The van der Waals surface area contributed by atoms with Gasteiger partial charge < -0.3 is 14.0 Å². The number of hydrogen-bond acceptors (Lipinski definition) is 5. The third-order valence-electron chi connectivity index (χ3n) is 4.81. The van der Waals surface area contributed by atoms with Crippen LogP contribution in [-0.2, 0) is 28.9 Å². The fourth-order valence-corrected chi connectivity index (χ4v) is 3.62. The van der Waals surface area contributed by atoms with Crippen LogP contribution in [0.15, 0.2) is 21.7 Å². The molecule has 1 aromatic carbocycles. The van der Waals surface area contributed by atoms with Crippen molar-refractivity contribution in [2.75, 3.05) is 0 Å². The van der Waals surface area contributed by atoms with Gasteiger partial charge in [-0.2, -0.15) is 0 Å². The van der Waals surface area contributed by atoms with Gasteiger partial charge in [-0.15, -0.1) is 0 Å². The number of ether oxygens (including phenoxy) is 1. The summed E-state index contributed by atoms with van der Waals surface area (Å²) in [5, 5.41) is 5.04. The molecule has 5 nitrogen and oxygen atoms in total. The van der Waals surface area contributed by atoms with Crippen molar-refractivity contribution in [3.8, 4) is 5.75 Å². The quantitative estimate of drug-likeness (QED) is 0.595. The molecule has 126 valence electrons. The van der Waals surface area contributed by atoms with E-state index in [0.717, 1.165) is 54.4 Å². The molecule has 1 aromatic heterocycles. The average Bonchev–Trinajstić information content (AvgIpc) is 3.00. The molecule has 0 saturated heterocycles. The lowest BCUT2D eigenvalue weighted by Crippen LogP contribution is -2.32. The molecule has 0 N–H and O–H groups in total. The molecule has 24 heavy (non-hydrogen) atoms. The molecule has 0 fully saturated rings. The minimum Gasteiger partial charge on any atom is -0.487 e. The Morgan fingerprint density at radius 1 is 1.21 bits per heavy atom. The van der Waals surface area contributed by atoms with Crippen molar-refractivity contribution in [1.82, 2.24) is 0 Å². The minimum atomic E-state index is -0.451. The summed E-state index contributed by atoms with van der Waals surface area (Å²) in [5.41, 5.74) is 4.52. The zero-order chi connectivity index (χ0) is 16.9. The summed E-state index contributed by atoms with van der Waals surface area (Å²) in [4.78, 5) is 15.9. The van der Waals surface area contributed by atoms with Crippen LogP contribution in [-0.4, -0.2) is 11.6 Å². The third-order valence-corrected chi connectivity index (χ3v) is 4.81. The highest BCUT2D eigenvalue weighted by Gasteiger charge is 2.28. The monoisotopic (exact) mass is 327 g/mol. The van der Waals surface area contributed by atoms with Gasteiger partial charge in [0, 0.05) is 23.9 Å². The molecule has 1 aliphatic heterocycles. The third kappa shape index (κ3) is 2.58. The SMILES string of the molecule is CC(=O)O/N=c1\oc2cc3c(cc2c2c1CCC2)CCC(C)(C)O3. The van der Waals surface area contributed by atoms with Crippen LogP contribution < -0.4 is 10.3 Å². The summed E-state index contributed by atoms with van der Waals surface area (Å²) in [6.45, 7) is 5.53. The summed E-state index contributed by atoms with van der Waals surface area (Å²) < 4.78 is 12.1. The highest BCUT2D eigenvalue weighted by molar-refractivity contribution is 5.84. The zero-order valence-electron chi connectivity index (χ0n) is 14.3. The Morgan fingerprint density at radius 3 is 2.79 bits per heavy atom. The van der Waals surface area contributed by atoms with Crippen molar-refractivity contribution in [2.45, 2.75) is 58.5 Å². The van der Waals surface area contributed by atoms with E-state index in [1.165, 1.54) is 18.1 Å². The van der Waals surface area contributed by atoms with Gasteiger partial charge in [0.1, 0.15) is 16.9 Å². The van der Waals surface area contributed by atoms with Crippen molar-refractivity contribution in [1.29, 1.82) is 0 Å². The Labute approximate surface area is 140 Å². The molecule has 2 aromatic rings. The molecule has 0 atom stereocenters. The Morgan fingerprint density at radius 2 is 2.00 bits per heavy atom. The largest absolute Gasteiger partial charge is 0.487 e. The molecular formula is C19H21NO4. The lowest BCUT2D eigenvalue weighted by Gasteiger charge is -2.32. The van der Waals surface area contributed by atoms with Gasteiger partial charge in [0.2, 0.25) is 0 Å². The van der Waals surface area contributed by atoms with E-state index in [2.05, 4.69) is 25.1 Å². The summed E-state index contributed by atoms with van der Waals surface area (Å²) in [6.07, 6.45) is 4.97. The van der Waals surface area contributed by atoms with Crippen molar-refractivity contribution >= 4 is 16.9 Å². The second kappa shape index (κ2) is 5.36. The average molecular weight is 327 g/mol. The van der Waals surface area contributed by atoms with Crippen LogP contribution in [0.5, 0.6) is 5.75 Å². The maximum absolute atomic E-state index is 11.1. The maximum Gasteiger partial charge on any atom is 0.332 e. The molecule has 0 unspecified atom stereocenters. The van der Waals surface area contributed by atoms with E-state index in [9.17, 15) is 4.79 Å². The predicted molar refractivity (Wildman–Crippen MR) is 88.6 cm³/mol. The molecule has 5 heteroatoms. The lowest BCUT2D eigenvalue weighted by atomic mass is 9.92. The van der Waals surface area contributed by atoms with Crippen molar-refractivity contribution < 1.29 is 18.8 Å². The smallest absolute Gasteiger partial charge is 0.332 e. The molecule has 0 amide bonds. The summed E-state index contributed by atoms with van der Waals surface area (Å²) in [7, 11) is 0. The lowest BCUT2D eigenvalue weighted by molar-refractivity contribution is -0.141. The topological polar surface area (TPSA) is 61.0 Å². The van der Waals surface area contributed by atoms with Crippen LogP contribution in [0.25, 0.3) is 11.0 Å². The zero-order valence-corrected chi connectivity index (χ0v) is 14.3. The molecule has 2 heterocycles.